The Labute approximate surface area is 80.3 Å². The minimum Gasteiger partial charge on any atom is -0.365 e. The summed E-state index contributed by atoms with van der Waals surface area (Å²) in [6, 6.07) is 0. The van der Waals surface area contributed by atoms with E-state index in [1.807, 2.05) is 0 Å². The van der Waals surface area contributed by atoms with Crippen molar-refractivity contribution in [2.75, 3.05) is 0 Å². The van der Waals surface area contributed by atoms with Gasteiger partial charge in [-0.05, 0) is 31.1 Å². The molecule has 3 atom stereocenters. The van der Waals surface area contributed by atoms with Crippen molar-refractivity contribution < 1.29 is 9.84 Å². The molecule has 2 heteroatoms. The molecule has 0 saturated heterocycles. The number of rotatable bonds is 2. The monoisotopic (exact) mass is 184 g/mol. The first-order chi connectivity index (χ1) is 6.11. The molecule has 0 amide bonds. The lowest BCUT2D eigenvalue weighted by Gasteiger charge is -2.44. The SMILES string of the molecule is CC1C[C@@H](OC2(O)CCCC2)[C@H]1C. The topological polar surface area (TPSA) is 29.5 Å². The van der Waals surface area contributed by atoms with Crippen molar-refractivity contribution >= 4 is 0 Å². The van der Waals surface area contributed by atoms with Crippen LogP contribution in [-0.4, -0.2) is 17.0 Å². The molecule has 2 aliphatic rings. The van der Waals surface area contributed by atoms with Crippen molar-refractivity contribution in [2.45, 2.75) is 57.8 Å². The van der Waals surface area contributed by atoms with Crippen molar-refractivity contribution in [2.24, 2.45) is 11.8 Å². The van der Waals surface area contributed by atoms with Gasteiger partial charge in [-0.3, -0.25) is 0 Å². The highest BCUT2D eigenvalue weighted by Gasteiger charge is 2.42. The molecule has 0 aromatic carbocycles. The van der Waals surface area contributed by atoms with E-state index in [-0.39, 0.29) is 0 Å². The molecule has 13 heavy (non-hydrogen) atoms. The molecule has 0 radical (unpaired) electrons. The second-order valence-electron chi connectivity index (χ2n) is 4.88. The Balaban J connectivity index is 1.84. The van der Waals surface area contributed by atoms with Crippen LogP contribution in [0.3, 0.4) is 0 Å². The summed E-state index contributed by atoms with van der Waals surface area (Å²) < 4.78 is 5.77. The first-order valence-corrected chi connectivity index (χ1v) is 5.51. The lowest BCUT2D eigenvalue weighted by atomic mass is 9.73. The largest absolute Gasteiger partial charge is 0.365 e. The summed E-state index contributed by atoms with van der Waals surface area (Å²) in [5.41, 5.74) is 0. The fraction of sp³-hybridized carbons (Fsp3) is 1.00. The van der Waals surface area contributed by atoms with Gasteiger partial charge in [0.05, 0.1) is 6.10 Å². The molecule has 0 aliphatic heterocycles. The Morgan fingerprint density at radius 2 is 1.85 bits per heavy atom. The quantitative estimate of drug-likeness (QED) is 0.667. The molecular formula is C11H20O2. The van der Waals surface area contributed by atoms with Crippen LogP contribution < -0.4 is 0 Å². The molecule has 1 N–H and O–H groups in total. The molecule has 76 valence electrons. The predicted octanol–water partition coefficient (Wildman–Crippen LogP) is 2.31. The number of aliphatic hydroxyl groups is 1. The molecule has 0 bridgehead atoms. The lowest BCUT2D eigenvalue weighted by Crippen LogP contribution is -2.46. The van der Waals surface area contributed by atoms with E-state index in [4.69, 9.17) is 4.74 Å². The highest BCUT2D eigenvalue weighted by atomic mass is 16.6. The molecule has 2 rings (SSSR count). The zero-order chi connectivity index (χ0) is 9.47. The summed E-state index contributed by atoms with van der Waals surface area (Å²) in [6.07, 6.45) is 5.36. The van der Waals surface area contributed by atoms with Crippen molar-refractivity contribution in [3.05, 3.63) is 0 Å². The highest BCUT2D eigenvalue weighted by Crippen LogP contribution is 2.41. The third-order valence-electron chi connectivity index (χ3n) is 3.84. The highest BCUT2D eigenvalue weighted by molar-refractivity contribution is 4.87. The molecule has 2 aliphatic carbocycles. The smallest absolute Gasteiger partial charge is 0.165 e. The third kappa shape index (κ3) is 1.75. The minimum atomic E-state index is -0.765. The van der Waals surface area contributed by atoms with Crippen LogP contribution >= 0.6 is 0 Å². The molecule has 2 nitrogen and oxygen atoms in total. The number of hydrogen-bond acceptors (Lipinski definition) is 2. The number of ether oxygens (including phenoxy) is 1. The van der Waals surface area contributed by atoms with E-state index in [9.17, 15) is 5.11 Å². The van der Waals surface area contributed by atoms with Crippen LogP contribution in [0.15, 0.2) is 0 Å². The molecule has 0 aromatic heterocycles. The van der Waals surface area contributed by atoms with E-state index < -0.39 is 5.79 Å². The molecule has 0 aromatic rings. The van der Waals surface area contributed by atoms with Gasteiger partial charge in [-0.25, -0.2) is 0 Å². The standard InChI is InChI=1S/C11H20O2/c1-8-7-10(9(8)2)13-11(12)5-3-4-6-11/h8-10,12H,3-7H2,1-2H3/t8?,9-,10+/m0/s1. The van der Waals surface area contributed by atoms with E-state index in [2.05, 4.69) is 13.8 Å². The maximum absolute atomic E-state index is 10.0. The van der Waals surface area contributed by atoms with Crippen LogP contribution in [0.5, 0.6) is 0 Å². The first kappa shape index (κ1) is 9.47. The predicted molar refractivity (Wildman–Crippen MR) is 51.2 cm³/mol. The number of hydrogen-bond donors (Lipinski definition) is 1. The summed E-state index contributed by atoms with van der Waals surface area (Å²) in [6.45, 7) is 4.47. The molecule has 2 fully saturated rings. The van der Waals surface area contributed by atoms with Gasteiger partial charge in [-0.2, -0.15) is 0 Å². The Bertz CT molecular complexity index is 185. The van der Waals surface area contributed by atoms with Crippen molar-refractivity contribution in [1.82, 2.24) is 0 Å². The Hall–Kier alpha value is -0.0800. The Kier molecular flexibility index (Phi) is 2.37. The zero-order valence-corrected chi connectivity index (χ0v) is 8.62. The van der Waals surface area contributed by atoms with Gasteiger partial charge in [0.25, 0.3) is 0 Å². The van der Waals surface area contributed by atoms with Gasteiger partial charge in [0.1, 0.15) is 0 Å². The maximum atomic E-state index is 10.0. The van der Waals surface area contributed by atoms with Gasteiger partial charge in [-0.15, -0.1) is 0 Å². The Morgan fingerprint density at radius 3 is 2.31 bits per heavy atom. The van der Waals surface area contributed by atoms with E-state index in [1.165, 1.54) is 0 Å². The summed E-state index contributed by atoms with van der Waals surface area (Å²) in [5.74, 6) is 0.638. The van der Waals surface area contributed by atoms with Gasteiger partial charge in [0.2, 0.25) is 0 Å². The third-order valence-corrected chi connectivity index (χ3v) is 3.84. The van der Waals surface area contributed by atoms with Crippen molar-refractivity contribution in [3.8, 4) is 0 Å². The van der Waals surface area contributed by atoms with Crippen LogP contribution in [0.4, 0.5) is 0 Å². The Morgan fingerprint density at radius 1 is 1.23 bits per heavy atom. The van der Waals surface area contributed by atoms with Crippen LogP contribution in [0, 0.1) is 11.8 Å². The molecule has 2 saturated carbocycles. The van der Waals surface area contributed by atoms with Crippen LogP contribution in [-0.2, 0) is 4.74 Å². The van der Waals surface area contributed by atoms with Crippen molar-refractivity contribution in [3.63, 3.8) is 0 Å². The molecular weight excluding hydrogens is 164 g/mol. The van der Waals surface area contributed by atoms with E-state index in [0.717, 1.165) is 38.0 Å². The van der Waals surface area contributed by atoms with Crippen LogP contribution in [0.25, 0.3) is 0 Å². The van der Waals surface area contributed by atoms with Gasteiger partial charge in [0.15, 0.2) is 5.79 Å². The summed E-state index contributed by atoms with van der Waals surface area (Å²) in [7, 11) is 0. The second-order valence-corrected chi connectivity index (χ2v) is 4.88. The second kappa shape index (κ2) is 3.25. The van der Waals surface area contributed by atoms with Gasteiger partial charge in [0, 0.05) is 12.8 Å². The molecule has 0 spiro atoms. The maximum Gasteiger partial charge on any atom is 0.165 e. The first-order valence-electron chi connectivity index (χ1n) is 5.51. The van der Waals surface area contributed by atoms with E-state index in [0.29, 0.717) is 12.0 Å². The molecule has 1 unspecified atom stereocenters. The van der Waals surface area contributed by atoms with Crippen LogP contribution in [0.2, 0.25) is 0 Å². The van der Waals surface area contributed by atoms with E-state index >= 15 is 0 Å². The zero-order valence-electron chi connectivity index (χ0n) is 8.62. The minimum absolute atomic E-state index is 0.318. The van der Waals surface area contributed by atoms with Gasteiger partial charge < -0.3 is 9.84 Å². The normalized spacial score (nSPS) is 43.2. The average Bonchev–Trinajstić information content (AvgIpc) is 2.51. The lowest BCUT2D eigenvalue weighted by molar-refractivity contribution is -0.259. The molecule has 0 heterocycles. The fourth-order valence-electron chi connectivity index (χ4n) is 2.45. The fourth-order valence-corrected chi connectivity index (χ4v) is 2.45. The summed E-state index contributed by atoms with van der Waals surface area (Å²) in [4.78, 5) is 0. The van der Waals surface area contributed by atoms with E-state index in [1.54, 1.807) is 0 Å². The summed E-state index contributed by atoms with van der Waals surface area (Å²) in [5, 5.41) is 10.0. The average molecular weight is 184 g/mol. The summed E-state index contributed by atoms with van der Waals surface area (Å²) >= 11 is 0. The van der Waals surface area contributed by atoms with Gasteiger partial charge in [-0.1, -0.05) is 13.8 Å². The van der Waals surface area contributed by atoms with Crippen molar-refractivity contribution in [1.29, 1.82) is 0 Å². The van der Waals surface area contributed by atoms with Crippen LogP contribution in [0.1, 0.15) is 46.0 Å². The van der Waals surface area contributed by atoms with Gasteiger partial charge >= 0.3 is 0 Å².